The summed E-state index contributed by atoms with van der Waals surface area (Å²) in [5.41, 5.74) is 1.58. The van der Waals surface area contributed by atoms with E-state index in [1.54, 1.807) is 25.1 Å². The van der Waals surface area contributed by atoms with Crippen LogP contribution in [0.25, 0.3) is 0 Å². The molecule has 0 bridgehead atoms. The van der Waals surface area contributed by atoms with E-state index in [-0.39, 0.29) is 5.91 Å². The van der Waals surface area contributed by atoms with E-state index in [2.05, 4.69) is 5.32 Å². The lowest BCUT2D eigenvalue weighted by Gasteiger charge is -2.15. The summed E-state index contributed by atoms with van der Waals surface area (Å²) in [5, 5.41) is 3.62. The topological polar surface area (TPSA) is 38.3 Å². The van der Waals surface area contributed by atoms with Gasteiger partial charge in [-0.05, 0) is 49.7 Å². The first-order valence-electron chi connectivity index (χ1n) is 6.45. The molecular formula is C16H15Cl2NO2. The second-order valence-electron chi connectivity index (χ2n) is 4.69. The Bertz CT molecular complexity index is 658. The van der Waals surface area contributed by atoms with Crippen molar-refractivity contribution in [2.24, 2.45) is 0 Å². The van der Waals surface area contributed by atoms with Crippen LogP contribution in [0.1, 0.15) is 12.5 Å². The normalized spacial score (nSPS) is 11.8. The van der Waals surface area contributed by atoms with Gasteiger partial charge in [-0.2, -0.15) is 0 Å². The van der Waals surface area contributed by atoms with Crippen molar-refractivity contribution in [2.45, 2.75) is 20.0 Å². The fourth-order valence-corrected chi connectivity index (χ4v) is 2.23. The van der Waals surface area contributed by atoms with Gasteiger partial charge in [0.25, 0.3) is 5.91 Å². The van der Waals surface area contributed by atoms with Gasteiger partial charge in [-0.15, -0.1) is 0 Å². The SMILES string of the molecule is Cc1cccc(O[C@@H](C)C(=O)Nc2ccc(Cl)cc2Cl)c1. The first-order chi connectivity index (χ1) is 9.95. The van der Waals surface area contributed by atoms with E-state index >= 15 is 0 Å². The first-order valence-corrected chi connectivity index (χ1v) is 7.20. The van der Waals surface area contributed by atoms with Crippen LogP contribution in [0.15, 0.2) is 42.5 Å². The molecule has 3 nitrogen and oxygen atoms in total. The molecule has 0 aliphatic rings. The van der Waals surface area contributed by atoms with E-state index in [0.717, 1.165) is 5.56 Å². The van der Waals surface area contributed by atoms with E-state index in [9.17, 15) is 4.79 Å². The average Bonchev–Trinajstić information content (AvgIpc) is 2.41. The predicted molar refractivity (Wildman–Crippen MR) is 86.4 cm³/mol. The standard InChI is InChI=1S/C16H15Cl2NO2/c1-10-4-3-5-13(8-10)21-11(2)16(20)19-15-7-6-12(17)9-14(15)18/h3-9,11H,1-2H3,(H,19,20)/t11-/m0/s1. The highest BCUT2D eigenvalue weighted by atomic mass is 35.5. The third-order valence-electron chi connectivity index (χ3n) is 2.86. The Hall–Kier alpha value is -1.71. The summed E-state index contributed by atoms with van der Waals surface area (Å²) in [7, 11) is 0. The van der Waals surface area contributed by atoms with Crippen LogP contribution in [-0.4, -0.2) is 12.0 Å². The van der Waals surface area contributed by atoms with Gasteiger partial charge in [0.1, 0.15) is 5.75 Å². The largest absolute Gasteiger partial charge is 0.481 e. The maximum Gasteiger partial charge on any atom is 0.265 e. The monoisotopic (exact) mass is 323 g/mol. The Morgan fingerprint density at radius 2 is 1.95 bits per heavy atom. The summed E-state index contributed by atoms with van der Waals surface area (Å²) in [6.45, 7) is 3.65. The Labute approximate surface area is 133 Å². The molecule has 5 heteroatoms. The van der Waals surface area contributed by atoms with Gasteiger partial charge in [0.05, 0.1) is 10.7 Å². The molecule has 0 fully saturated rings. The molecule has 0 saturated carbocycles. The molecule has 0 aliphatic heterocycles. The average molecular weight is 324 g/mol. The summed E-state index contributed by atoms with van der Waals surface area (Å²) < 4.78 is 5.61. The molecule has 0 radical (unpaired) electrons. The number of ether oxygens (including phenoxy) is 1. The zero-order valence-corrected chi connectivity index (χ0v) is 13.2. The molecule has 0 spiro atoms. The molecule has 21 heavy (non-hydrogen) atoms. The van der Waals surface area contributed by atoms with Crippen LogP contribution in [0.5, 0.6) is 5.75 Å². The van der Waals surface area contributed by atoms with E-state index in [4.69, 9.17) is 27.9 Å². The van der Waals surface area contributed by atoms with Crippen LogP contribution in [0.3, 0.4) is 0 Å². The molecule has 0 heterocycles. The van der Waals surface area contributed by atoms with Gasteiger partial charge in [0, 0.05) is 5.02 Å². The summed E-state index contributed by atoms with van der Waals surface area (Å²) in [4.78, 5) is 12.1. The van der Waals surface area contributed by atoms with Crippen LogP contribution in [0, 0.1) is 6.92 Å². The molecule has 0 aliphatic carbocycles. The molecule has 1 N–H and O–H groups in total. The van der Waals surface area contributed by atoms with Crippen molar-refractivity contribution < 1.29 is 9.53 Å². The number of rotatable bonds is 4. The summed E-state index contributed by atoms with van der Waals surface area (Å²) in [5.74, 6) is 0.376. The maximum absolute atomic E-state index is 12.1. The highest BCUT2D eigenvalue weighted by molar-refractivity contribution is 6.36. The summed E-state index contributed by atoms with van der Waals surface area (Å²) in [6.07, 6.45) is -0.640. The van der Waals surface area contributed by atoms with E-state index in [1.807, 2.05) is 31.2 Å². The van der Waals surface area contributed by atoms with Crippen molar-refractivity contribution in [2.75, 3.05) is 5.32 Å². The second kappa shape index (κ2) is 6.83. The minimum atomic E-state index is -0.640. The number of hydrogen-bond acceptors (Lipinski definition) is 2. The summed E-state index contributed by atoms with van der Waals surface area (Å²) in [6, 6.07) is 12.4. The Morgan fingerprint density at radius 3 is 2.62 bits per heavy atom. The van der Waals surface area contributed by atoms with Crippen molar-refractivity contribution >= 4 is 34.8 Å². The highest BCUT2D eigenvalue weighted by Gasteiger charge is 2.16. The number of carbonyl (C=O) groups excluding carboxylic acids is 1. The van der Waals surface area contributed by atoms with Crippen molar-refractivity contribution in [1.82, 2.24) is 0 Å². The van der Waals surface area contributed by atoms with E-state index in [1.165, 1.54) is 0 Å². The van der Waals surface area contributed by atoms with Crippen molar-refractivity contribution in [3.8, 4) is 5.75 Å². The fraction of sp³-hybridized carbons (Fsp3) is 0.188. The molecule has 0 saturated heterocycles. The Morgan fingerprint density at radius 1 is 1.19 bits per heavy atom. The van der Waals surface area contributed by atoms with Gasteiger partial charge in [0.2, 0.25) is 0 Å². The molecule has 0 aromatic heterocycles. The molecule has 2 aromatic rings. The number of hydrogen-bond donors (Lipinski definition) is 1. The minimum Gasteiger partial charge on any atom is -0.481 e. The van der Waals surface area contributed by atoms with E-state index < -0.39 is 6.10 Å². The van der Waals surface area contributed by atoms with Crippen LogP contribution in [0.4, 0.5) is 5.69 Å². The third kappa shape index (κ3) is 4.38. The number of halogens is 2. The summed E-state index contributed by atoms with van der Waals surface area (Å²) >= 11 is 11.8. The Kier molecular flexibility index (Phi) is 5.10. The minimum absolute atomic E-state index is 0.277. The van der Waals surface area contributed by atoms with Gasteiger partial charge in [-0.25, -0.2) is 0 Å². The number of aryl methyl sites for hydroxylation is 1. The van der Waals surface area contributed by atoms with Gasteiger partial charge < -0.3 is 10.1 Å². The molecule has 1 amide bonds. The molecule has 2 aromatic carbocycles. The van der Waals surface area contributed by atoms with Crippen molar-refractivity contribution in [3.05, 3.63) is 58.1 Å². The number of carbonyl (C=O) groups is 1. The quantitative estimate of drug-likeness (QED) is 0.885. The third-order valence-corrected chi connectivity index (χ3v) is 3.41. The fourth-order valence-electron chi connectivity index (χ4n) is 1.77. The number of amides is 1. The van der Waals surface area contributed by atoms with Gasteiger partial charge >= 0.3 is 0 Å². The number of benzene rings is 2. The first kappa shape index (κ1) is 15.7. The highest BCUT2D eigenvalue weighted by Crippen LogP contribution is 2.25. The van der Waals surface area contributed by atoms with Gasteiger partial charge in [-0.1, -0.05) is 35.3 Å². The zero-order valence-electron chi connectivity index (χ0n) is 11.7. The lowest BCUT2D eigenvalue weighted by molar-refractivity contribution is -0.122. The number of nitrogens with one attached hydrogen (secondary N) is 1. The predicted octanol–water partition coefficient (Wildman–Crippen LogP) is 4.71. The van der Waals surface area contributed by atoms with Crippen molar-refractivity contribution in [1.29, 1.82) is 0 Å². The van der Waals surface area contributed by atoms with Gasteiger partial charge in [-0.3, -0.25) is 4.79 Å². The molecular weight excluding hydrogens is 309 g/mol. The molecule has 110 valence electrons. The lowest BCUT2D eigenvalue weighted by Crippen LogP contribution is -2.30. The maximum atomic E-state index is 12.1. The van der Waals surface area contributed by atoms with Crippen molar-refractivity contribution in [3.63, 3.8) is 0 Å². The van der Waals surface area contributed by atoms with Gasteiger partial charge in [0.15, 0.2) is 6.10 Å². The molecule has 2 rings (SSSR count). The smallest absolute Gasteiger partial charge is 0.265 e. The van der Waals surface area contributed by atoms with E-state index in [0.29, 0.717) is 21.5 Å². The number of anilines is 1. The van der Waals surface area contributed by atoms with Crippen LogP contribution < -0.4 is 10.1 Å². The molecule has 0 unspecified atom stereocenters. The second-order valence-corrected chi connectivity index (χ2v) is 5.53. The lowest BCUT2D eigenvalue weighted by atomic mass is 10.2. The zero-order chi connectivity index (χ0) is 15.4. The van der Waals surface area contributed by atoms with Crippen LogP contribution in [0.2, 0.25) is 10.0 Å². The van der Waals surface area contributed by atoms with Crippen LogP contribution >= 0.6 is 23.2 Å². The van der Waals surface area contributed by atoms with Crippen LogP contribution in [-0.2, 0) is 4.79 Å². The molecule has 1 atom stereocenters. The Balaban J connectivity index is 2.02.